The van der Waals surface area contributed by atoms with Crippen LogP contribution in [0.4, 0.5) is 0 Å². The molecule has 0 atom stereocenters. The second-order valence-electron chi connectivity index (χ2n) is 3.34. The highest BCUT2D eigenvalue weighted by atomic mass is 32.2. The maximum atomic E-state index is 5.74. The summed E-state index contributed by atoms with van der Waals surface area (Å²) in [4.78, 5) is 1.19. The summed E-state index contributed by atoms with van der Waals surface area (Å²) in [6.45, 7) is 1.90. The van der Waals surface area contributed by atoms with Crippen molar-refractivity contribution in [1.29, 1.82) is 0 Å². The molecule has 0 radical (unpaired) electrons. The minimum absolute atomic E-state index is 0.511. The van der Waals surface area contributed by atoms with Crippen molar-refractivity contribution >= 4 is 11.8 Å². The summed E-state index contributed by atoms with van der Waals surface area (Å²) >= 11 is 1.69. The van der Waals surface area contributed by atoms with E-state index in [4.69, 9.17) is 15.2 Å². The molecule has 0 aliphatic carbocycles. The van der Waals surface area contributed by atoms with Crippen LogP contribution in [0.2, 0.25) is 0 Å². The van der Waals surface area contributed by atoms with E-state index in [1.165, 1.54) is 4.90 Å². The summed E-state index contributed by atoms with van der Waals surface area (Å²) in [7, 11) is 1.69. The molecule has 0 fully saturated rings. The molecule has 4 heteroatoms. The predicted molar refractivity (Wildman–Crippen MR) is 68.1 cm³/mol. The van der Waals surface area contributed by atoms with Crippen molar-refractivity contribution in [2.45, 2.75) is 17.9 Å². The van der Waals surface area contributed by atoms with Crippen LogP contribution in [0.1, 0.15) is 12.0 Å². The molecule has 1 aromatic rings. The van der Waals surface area contributed by atoms with E-state index >= 15 is 0 Å². The van der Waals surface area contributed by atoms with Crippen LogP contribution < -0.4 is 10.5 Å². The van der Waals surface area contributed by atoms with Gasteiger partial charge in [-0.1, -0.05) is 6.07 Å². The van der Waals surface area contributed by atoms with E-state index in [0.717, 1.165) is 24.3 Å². The maximum Gasteiger partial charge on any atom is 0.124 e. The van der Waals surface area contributed by atoms with Crippen molar-refractivity contribution in [3.05, 3.63) is 23.8 Å². The van der Waals surface area contributed by atoms with Gasteiger partial charge in [-0.25, -0.2) is 0 Å². The molecule has 16 heavy (non-hydrogen) atoms. The van der Waals surface area contributed by atoms with Crippen LogP contribution in [0.25, 0.3) is 0 Å². The van der Waals surface area contributed by atoms with E-state index in [1.807, 2.05) is 18.4 Å². The van der Waals surface area contributed by atoms with Crippen LogP contribution in [0.5, 0.6) is 5.75 Å². The molecule has 0 amide bonds. The molecule has 90 valence electrons. The van der Waals surface area contributed by atoms with Gasteiger partial charge in [0.25, 0.3) is 0 Å². The molecular weight excluding hydrogens is 222 g/mol. The molecular formula is C12H19NO2S. The van der Waals surface area contributed by atoms with Crippen molar-refractivity contribution < 1.29 is 9.47 Å². The SMILES string of the molecule is COCCCOc1cccc(SC)c1CN. The Kier molecular flexibility index (Phi) is 6.30. The van der Waals surface area contributed by atoms with E-state index in [2.05, 4.69) is 6.07 Å². The number of benzene rings is 1. The van der Waals surface area contributed by atoms with Gasteiger partial charge in [-0.2, -0.15) is 0 Å². The van der Waals surface area contributed by atoms with E-state index in [1.54, 1.807) is 18.9 Å². The highest BCUT2D eigenvalue weighted by molar-refractivity contribution is 7.98. The maximum absolute atomic E-state index is 5.74. The molecule has 0 aliphatic heterocycles. The van der Waals surface area contributed by atoms with Crippen LogP contribution >= 0.6 is 11.8 Å². The van der Waals surface area contributed by atoms with Gasteiger partial charge < -0.3 is 15.2 Å². The van der Waals surface area contributed by atoms with Crippen LogP contribution in [0, 0.1) is 0 Å². The van der Waals surface area contributed by atoms with Gasteiger partial charge in [-0.15, -0.1) is 11.8 Å². The van der Waals surface area contributed by atoms with Gasteiger partial charge in [-0.3, -0.25) is 0 Å². The lowest BCUT2D eigenvalue weighted by molar-refractivity contribution is 0.171. The normalized spacial score (nSPS) is 10.4. The summed E-state index contributed by atoms with van der Waals surface area (Å²) in [6.07, 6.45) is 2.94. The van der Waals surface area contributed by atoms with Crippen LogP contribution in [0.3, 0.4) is 0 Å². The fraction of sp³-hybridized carbons (Fsp3) is 0.500. The number of ether oxygens (including phenoxy) is 2. The summed E-state index contributed by atoms with van der Waals surface area (Å²) in [6, 6.07) is 6.03. The minimum atomic E-state index is 0.511. The summed E-state index contributed by atoms with van der Waals surface area (Å²) < 4.78 is 10.7. The molecule has 1 rings (SSSR count). The first-order chi connectivity index (χ1) is 7.83. The van der Waals surface area contributed by atoms with Crippen molar-refractivity contribution in [1.82, 2.24) is 0 Å². The minimum Gasteiger partial charge on any atom is -0.493 e. The number of hydrogen-bond acceptors (Lipinski definition) is 4. The number of methoxy groups -OCH3 is 1. The molecule has 3 nitrogen and oxygen atoms in total. The van der Waals surface area contributed by atoms with E-state index < -0.39 is 0 Å². The Labute approximate surface area is 101 Å². The Hall–Kier alpha value is -0.710. The molecule has 0 heterocycles. The van der Waals surface area contributed by atoms with Crippen molar-refractivity contribution in [2.24, 2.45) is 5.73 Å². The third-order valence-electron chi connectivity index (χ3n) is 2.26. The average Bonchev–Trinajstić information content (AvgIpc) is 2.34. The van der Waals surface area contributed by atoms with Gasteiger partial charge in [-0.05, 0) is 18.4 Å². The van der Waals surface area contributed by atoms with E-state index in [9.17, 15) is 0 Å². The first kappa shape index (κ1) is 13.4. The summed E-state index contributed by atoms with van der Waals surface area (Å²) in [5, 5.41) is 0. The zero-order valence-corrected chi connectivity index (χ0v) is 10.7. The number of hydrogen-bond donors (Lipinski definition) is 1. The molecule has 0 bridgehead atoms. The largest absolute Gasteiger partial charge is 0.493 e. The van der Waals surface area contributed by atoms with E-state index in [0.29, 0.717) is 13.2 Å². The number of thioether (sulfide) groups is 1. The zero-order valence-electron chi connectivity index (χ0n) is 9.86. The van der Waals surface area contributed by atoms with E-state index in [-0.39, 0.29) is 0 Å². The molecule has 2 N–H and O–H groups in total. The van der Waals surface area contributed by atoms with Gasteiger partial charge in [0.05, 0.1) is 6.61 Å². The third kappa shape index (κ3) is 3.70. The quantitative estimate of drug-likeness (QED) is 0.587. The fourth-order valence-electron chi connectivity index (χ4n) is 1.46. The van der Waals surface area contributed by atoms with Gasteiger partial charge in [0.15, 0.2) is 0 Å². The lowest BCUT2D eigenvalue weighted by Gasteiger charge is -2.13. The molecule has 1 aromatic carbocycles. The molecule has 0 spiro atoms. The number of nitrogens with two attached hydrogens (primary N) is 1. The van der Waals surface area contributed by atoms with Gasteiger partial charge in [0.1, 0.15) is 5.75 Å². The average molecular weight is 241 g/mol. The van der Waals surface area contributed by atoms with Crippen LogP contribution in [-0.4, -0.2) is 26.6 Å². The number of rotatable bonds is 7. The first-order valence-electron chi connectivity index (χ1n) is 5.31. The Morgan fingerprint density at radius 1 is 1.31 bits per heavy atom. The predicted octanol–water partition coefficient (Wildman–Crippen LogP) is 2.28. The topological polar surface area (TPSA) is 44.5 Å². The van der Waals surface area contributed by atoms with Crippen LogP contribution in [-0.2, 0) is 11.3 Å². The van der Waals surface area contributed by atoms with Crippen molar-refractivity contribution in [3.8, 4) is 5.75 Å². The molecule has 0 saturated heterocycles. The lowest BCUT2D eigenvalue weighted by Crippen LogP contribution is -2.06. The van der Waals surface area contributed by atoms with Gasteiger partial charge >= 0.3 is 0 Å². The summed E-state index contributed by atoms with van der Waals surface area (Å²) in [5.41, 5.74) is 6.83. The Balaban J connectivity index is 2.63. The van der Waals surface area contributed by atoms with Crippen LogP contribution in [0.15, 0.2) is 23.1 Å². The second kappa shape index (κ2) is 7.54. The highest BCUT2D eigenvalue weighted by Gasteiger charge is 2.06. The fourth-order valence-corrected chi connectivity index (χ4v) is 2.10. The Morgan fingerprint density at radius 3 is 2.75 bits per heavy atom. The van der Waals surface area contributed by atoms with Gasteiger partial charge in [0, 0.05) is 37.1 Å². The standard InChI is InChI=1S/C12H19NO2S/c1-14-7-4-8-15-11-5-3-6-12(16-2)10(11)9-13/h3,5-6H,4,7-9,13H2,1-2H3. The zero-order chi connectivity index (χ0) is 11.8. The molecule has 0 unspecified atom stereocenters. The third-order valence-corrected chi connectivity index (χ3v) is 3.09. The second-order valence-corrected chi connectivity index (χ2v) is 4.18. The Morgan fingerprint density at radius 2 is 2.12 bits per heavy atom. The molecule has 0 saturated carbocycles. The monoisotopic (exact) mass is 241 g/mol. The molecule has 0 aromatic heterocycles. The lowest BCUT2D eigenvalue weighted by atomic mass is 10.2. The van der Waals surface area contributed by atoms with Gasteiger partial charge in [0.2, 0.25) is 0 Å². The highest BCUT2D eigenvalue weighted by Crippen LogP contribution is 2.28. The Bertz CT molecular complexity index is 318. The summed E-state index contributed by atoms with van der Waals surface area (Å²) in [5.74, 6) is 0.894. The van der Waals surface area contributed by atoms with Crippen molar-refractivity contribution in [3.63, 3.8) is 0 Å². The van der Waals surface area contributed by atoms with Crippen molar-refractivity contribution in [2.75, 3.05) is 26.6 Å². The molecule has 0 aliphatic rings. The smallest absolute Gasteiger partial charge is 0.124 e. The first-order valence-corrected chi connectivity index (χ1v) is 6.53.